The number of hydrogen-bond donors (Lipinski definition) is 0. The van der Waals surface area contributed by atoms with Gasteiger partial charge in [-0.2, -0.15) is 0 Å². The van der Waals surface area contributed by atoms with Gasteiger partial charge in [-0.3, -0.25) is 10.1 Å². The van der Waals surface area contributed by atoms with Gasteiger partial charge in [0.25, 0.3) is 5.69 Å². The van der Waals surface area contributed by atoms with Crippen LogP contribution in [0, 0.1) is 17.0 Å². The van der Waals surface area contributed by atoms with Gasteiger partial charge >= 0.3 is 0 Å². The number of benzene rings is 1. The molecule has 1 aliphatic rings. The lowest BCUT2D eigenvalue weighted by molar-refractivity contribution is -0.385. The second-order valence-electron chi connectivity index (χ2n) is 5.83. The lowest BCUT2D eigenvalue weighted by atomic mass is 10.1. The molecule has 0 atom stereocenters. The third kappa shape index (κ3) is 3.59. The molecule has 0 unspecified atom stereocenters. The molecule has 1 aliphatic heterocycles. The first-order valence-electron chi connectivity index (χ1n) is 7.82. The van der Waals surface area contributed by atoms with E-state index in [2.05, 4.69) is 9.88 Å². The molecule has 0 amide bonds. The molecule has 0 aliphatic carbocycles. The van der Waals surface area contributed by atoms with E-state index in [9.17, 15) is 10.1 Å². The Hall–Kier alpha value is -2.34. The van der Waals surface area contributed by atoms with Crippen molar-refractivity contribution >= 4 is 23.1 Å². The van der Waals surface area contributed by atoms with Crippen molar-refractivity contribution in [2.45, 2.75) is 25.9 Å². The molecule has 1 aromatic heterocycles. The van der Waals surface area contributed by atoms with Crippen LogP contribution in [-0.4, -0.2) is 29.1 Å². The number of aromatic nitrogens is 1. The Morgan fingerprint density at radius 1 is 1.33 bits per heavy atom. The molecule has 1 saturated heterocycles. The molecule has 24 heavy (non-hydrogen) atoms. The van der Waals surface area contributed by atoms with Crippen LogP contribution in [0.25, 0.3) is 0 Å². The van der Waals surface area contributed by atoms with Gasteiger partial charge in [0, 0.05) is 32.0 Å². The second-order valence-corrected chi connectivity index (χ2v) is 6.23. The van der Waals surface area contributed by atoms with E-state index >= 15 is 0 Å². The maximum atomic E-state index is 10.8. The van der Waals surface area contributed by atoms with Gasteiger partial charge in [0.05, 0.1) is 9.95 Å². The largest absolute Gasteiger partial charge is 0.489 e. The average molecular weight is 348 g/mol. The Bertz CT molecular complexity index is 746. The van der Waals surface area contributed by atoms with E-state index in [1.165, 1.54) is 6.20 Å². The number of hydrogen-bond acceptors (Lipinski definition) is 5. The fraction of sp³-hybridized carbons (Fsp3) is 0.353. The van der Waals surface area contributed by atoms with Crippen molar-refractivity contribution in [3.8, 4) is 5.75 Å². The number of halogens is 1. The highest BCUT2D eigenvalue weighted by molar-refractivity contribution is 6.32. The summed E-state index contributed by atoms with van der Waals surface area (Å²) in [6, 6.07) is 9.03. The van der Waals surface area contributed by atoms with E-state index < -0.39 is 4.92 Å². The highest BCUT2D eigenvalue weighted by Crippen LogP contribution is 2.29. The highest BCUT2D eigenvalue weighted by atomic mass is 35.5. The topological polar surface area (TPSA) is 68.5 Å². The number of pyridine rings is 1. The first-order valence-corrected chi connectivity index (χ1v) is 8.19. The summed E-state index contributed by atoms with van der Waals surface area (Å²) >= 11 is 6.13. The number of ether oxygens (including phenoxy) is 1. The maximum Gasteiger partial charge on any atom is 0.287 e. The molecule has 2 heterocycles. The molecule has 0 N–H and O–H groups in total. The molecule has 1 aromatic carbocycles. The molecule has 126 valence electrons. The van der Waals surface area contributed by atoms with Crippen molar-refractivity contribution in [3.05, 3.63) is 57.2 Å². The zero-order valence-corrected chi connectivity index (χ0v) is 14.1. The van der Waals surface area contributed by atoms with Gasteiger partial charge in [0.1, 0.15) is 23.9 Å². The Labute approximate surface area is 145 Å². The van der Waals surface area contributed by atoms with Crippen molar-refractivity contribution in [1.29, 1.82) is 0 Å². The van der Waals surface area contributed by atoms with Crippen LogP contribution < -0.4 is 9.64 Å². The Morgan fingerprint density at radius 3 is 2.67 bits per heavy atom. The highest BCUT2D eigenvalue weighted by Gasteiger charge is 2.23. The number of rotatable bonds is 4. The number of para-hydroxylation sites is 1. The fourth-order valence-corrected chi connectivity index (χ4v) is 3.07. The minimum atomic E-state index is -0.423. The summed E-state index contributed by atoms with van der Waals surface area (Å²) in [5.74, 6) is 1.51. The smallest absolute Gasteiger partial charge is 0.287 e. The van der Waals surface area contributed by atoms with Gasteiger partial charge in [-0.25, -0.2) is 4.98 Å². The molecule has 0 radical (unpaired) electrons. The van der Waals surface area contributed by atoms with Crippen molar-refractivity contribution in [2.75, 3.05) is 18.0 Å². The van der Waals surface area contributed by atoms with E-state index in [0.717, 1.165) is 37.3 Å². The SMILES string of the molecule is Cc1cc([N+](=O)[O-])cnc1N1CCC(Oc2ccccc2Cl)CC1. The first kappa shape index (κ1) is 16.5. The molecule has 2 aromatic rings. The Balaban J connectivity index is 1.63. The standard InChI is InChI=1S/C17H18ClN3O3/c1-12-10-13(21(22)23)11-19-17(12)20-8-6-14(7-9-20)24-16-5-3-2-4-15(16)18/h2-5,10-11,14H,6-9H2,1H3. The molecule has 6 nitrogen and oxygen atoms in total. The van der Waals surface area contributed by atoms with Gasteiger partial charge in [0.2, 0.25) is 0 Å². The summed E-state index contributed by atoms with van der Waals surface area (Å²) in [4.78, 5) is 16.8. The van der Waals surface area contributed by atoms with Crippen LogP contribution >= 0.6 is 11.6 Å². The third-order valence-corrected chi connectivity index (χ3v) is 4.43. The fourth-order valence-electron chi connectivity index (χ4n) is 2.89. The predicted molar refractivity (Wildman–Crippen MR) is 92.9 cm³/mol. The van der Waals surface area contributed by atoms with Gasteiger partial charge in [0.15, 0.2) is 0 Å². The quantitative estimate of drug-likeness (QED) is 0.617. The van der Waals surface area contributed by atoms with Crippen LogP contribution in [0.1, 0.15) is 18.4 Å². The molecule has 0 bridgehead atoms. The van der Waals surface area contributed by atoms with Gasteiger partial charge in [-0.05, 0) is 24.6 Å². The van der Waals surface area contributed by atoms with Crippen molar-refractivity contribution in [1.82, 2.24) is 4.98 Å². The summed E-state index contributed by atoms with van der Waals surface area (Å²) in [5.41, 5.74) is 0.836. The molecule has 1 fully saturated rings. The van der Waals surface area contributed by atoms with E-state index in [1.807, 2.05) is 31.2 Å². The van der Waals surface area contributed by atoms with Crippen LogP contribution in [0.5, 0.6) is 5.75 Å². The molecule has 7 heteroatoms. The zero-order chi connectivity index (χ0) is 17.1. The maximum absolute atomic E-state index is 10.8. The number of aryl methyl sites for hydroxylation is 1. The van der Waals surface area contributed by atoms with E-state index in [-0.39, 0.29) is 11.8 Å². The van der Waals surface area contributed by atoms with Crippen molar-refractivity contribution in [3.63, 3.8) is 0 Å². The number of piperidine rings is 1. The predicted octanol–water partition coefficient (Wildman–Crippen LogP) is 4.00. The van der Waals surface area contributed by atoms with Crippen LogP contribution in [0.2, 0.25) is 5.02 Å². The Morgan fingerprint density at radius 2 is 2.04 bits per heavy atom. The summed E-state index contributed by atoms with van der Waals surface area (Å²) in [6.07, 6.45) is 3.13. The first-order chi connectivity index (χ1) is 11.5. The Kier molecular flexibility index (Phi) is 4.85. The van der Waals surface area contributed by atoms with Gasteiger partial charge < -0.3 is 9.64 Å². The number of nitro groups is 1. The summed E-state index contributed by atoms with van der Waals surface area (Å²) in [6.45, 7) is 3.43. The number of nitrogens with zero attached hydrogens (tertiary/aromatic N) is 3. The third-order valence-electron chi connectivity index (χ3n) is 4.12. The summed E-state index contributed by atoms with van der Waals surface area (Å²) in [5, 5.41) is 11.4. The minimum absolute atomic E-state index is 0.0215. The molecular formula is C17H18ClN3O3. The molecule has 3 rings (SSSR count). The van der Waals surface area contributed by atoms with Crippen LogP contribution in [-0.2, 0) is 0 Å². The average Bonchev–Trinajstić information content (AvgIpc) is 2.58. The van der Waals surface area contributed by atoms with Crippen molar-refractivity contribution in [2.24, 2.45) is 0 Å². The van der Waals surface area contributed by atoms with E-state index in [4.69, 9.17) is 16.3 Å². The lowest BCUT2D eigenvalue weighted by Gasteiger charge is -2.33. The van der Waals surface area contributed by atoms with Gasteiger partial charge in [-0.1, -0.05) is 23.7 Å². The molecule has 0 spiro atoms. The monoisotopic (exact) mass is 347 g/mol. The van der Waals surface area contributed by atoms with E-state index in [1.54, 1.807) is 6.07 Å². The second kappa shape index (κ2) is 7.05. The normalized spacial score (nSPS) is 15.3. The van der Waals surface area contributed by atoms with Crippen LogP contribution in [0.3, 0.4) is 0 Å². The van der Waals surface area contributed by atoms with Crippen LogP contribution in [0.4, 0.5) is 11.5 Å². The summed E-state index contributed by atoms with van der Waals surface area (Å²) < 4.78 is 5.98. The zero-order valence-electron chi connectivity index (χ0n) is 13.3. The van der Waals surface area contributed by atoms with Crippen molar-refractivity contribution < 1.29 is 9.66 Å². The lowest BCUT2D eigenvalue weighted by Crippen LogP contribution is -2.39. The van der Waals surface area contributed by atoms with E-state index in [0.29, 0.717) is 10.8 Å². The van der Waals surface area contributed by atoms with Crippen LogP contribution in [0.15, 0.2) is 36.5 Å². The van der Waals surface area contributed by atoms with Gasteiger partial charge in [-0.15, -0.1) is 0 Å². The summed E-state index contributed by atoms with van der Waals surface area (Å²) in [7, 11) is 0. The minimum Gasteiger partial charge on any atom is -0.489 e. The number of anilines is 1. The molecule has 0 saturated carbocycles. The molecular weight excluding hydrogens is 330 g/mol.